The van der Waals surface area contributed by atoms with Crippen LogP contribution in [0.4, 0.5) is 0 Å². The van der Waals surface area contributed by atoms with E-state index >= 15 is 0 Å². The summed E-state index contributed by atoms with van der Waals surface area (Å²) < 4.78 is 8.15. The smallest absolute Gasteiger partial charge is 0.119 e. The SMILES string of the molecule is CCCNC(c1cc(OC)ccc1Br)c1cnnn1C. The second kappa shape index (κ2) is 6.85. The van der Waals surface area contributed by atoms with E-state index in [1.54, 1.807) is 18.0 Å². The largest absolute Gasteiger partial charge is 0.497 e. The molecule has 0 saturated carbocycles. The van der Waals surface area contributed by atoms with Crippen LogP contribution in [0.15, 0.2) is 28.9 Å². The summed E-state index contributed by atoms with van der Waals surface area (Å²) in [6.45, 7) is 3.06. The summed E-state index contributed by atoms with van der Waals surface area (Å²) in [5.74, 6) is 0.835. The van der Waals surface area contributed by atoms with E-state index in [2.05, 4.69) is 38.5 Å². The standard InChI is InChI=1S/C14H19BrN4O/c1-4-7-16-14(13-9-17-18-19(13)2)11-8-10(20-3)5-6-12(11)15/h5-6,8-9,14,16H,4,7H2,1-3H3. The van der Waals surface area contributed by atoms with Crippen molar-refractivity contribution in [2.24, 2.45) is 7.05 Å². The van der Waals surface area contributed by atoms with Crippen molar-refractivity contribution in [3.05, 3.63) is 40.1 Å². The number of nitrogens with zero attached hydrogens (tertiary/aromatic N) is 3. The van der Waals surface area contributed by atoms with Crippen molar-refractivity contribution in [1.82, 2.24) is 20.3 Å². The summed E-state index contributed by atoms with van der Waals surface area (Å²) in [4.78, 5) is 0. The summed E-state index contributed by atoms with van der Waals surface area (Å²) in [5.41, 5.74) is 2.13. The number of ether oxygens (including phenoxy) is 1. The fourth-order valence-corrected chi connectivity index (χ4v) is 2.57. The summed E-state index contributed by atoms with van der Waals surface area (Å²) in [6, 6.07) is 5.99. The maximum Gasteiger partial charge on any atom is 0.119 e. The normalized spacial score (nSPS) is 12.4. The predicted octanol–water partition coefficient (Wildman–Crippen LogP) is 2.68. The van der Waals surface area contributed by atoms with Gasteiger partial charge in [-0.1, -0.05) is 28.1 Å². The van der Waals surface area contributed by atoms with Crippen LogP contribution in [0.2, 0.25) is 0 Å². The Kier molecular flexibility index (Phi) is 5.14. The van der Waals surface area contributed by atoms with Gasteiger partial charge in [0.1, 0.15) is 5.75 Å². The molecule has 5 nitrogen and oxygen atoms in total. The Hall–Kier alpha value is -1.40. The van der Waals surface area contributed by atoms with Crippen molar-refractivity contribution >= 4 is 15.9 Å². The average molecular weight is 339 g/mol. The lowest BCUT2D eigenvalue weighted by Crippen LogP contribution is -2.25. The first-order valence-electron chi connectivity index (χ1n) is 6.58. The van der Waals surface area contributed by atoms with Crippen LogP contribution >= 0.6 is 15.9 Å². The molecule has 0 aliphatic heterocycles. The van der Waals surface area contributed by atoms with Crippen molar-refractivity contribution < 1.29 is 4.74 Å². The third-order valence-electron chi connectivity index (χ3n) is 3.16. The minimum Gasteiger partial charge on any atom is -0.497 e. The highest BCUT2D eigenvalue weighted by Crippen LogP contribution is 2.31. The summed E-state index contributed by atoms with van der Waals surface area (Å²) >= 11 is 3.62. The van der Waals surface area contributed by atoms with Crippen LogP contribution in [0.3, 0.4) is 0 Å². The number of methoxy groups -OCH3 is 1. The molecule has 1 N–H and O–H groups in total. The van der Waals surface area contributed by atoms with Crippen LogP contribution < -0.4 is 10.1 Å². The van der Waals surface area contributed by atoms with Gasteiger partial charge in [-0.05, 0) is 36.7 Å². The Morgan fingerprint density at radius 3 is 2.85 bits per heavy atom. The molecule has 20 heavy (non-hydrogen) atoms. The summed E-state index contributed by atoms with van der Waals surface area (Å²) in [7, 11) is 3.57. The number of hydrogen-bond donors (Lipinski definition) is 1. The number of nitrogens with one attached hydrogen (secondary N) is 1. The molecule has 1 aromatic carbocycles. The van der Waals surface area contributed by atoms with Gasteiger partial charge in [0, 0.05) is 11.5 Å². The van der Waals surface area contributed by atoms with Gasteiger partial charge in [0.2, 0.25) is 0 Å². The Labute approximate surface area is 127 Å². The summed E-state index contributed by atoms with van der Waals surface area (Å²) in [6.07, 6.45) is 2.85. The van der Waals surface area contributed by atoms with E-state index in [1.807, 2.05) is 25.2 Å². The highest BCUT2D eigenvalue weighted by atomic mass is 79.9. The van der Waals surface area contributed by atoms with E-state index < -0.39 is 0 Å². The third kappa shape index (κ3) is 3.19. The van der Waals surface area contributed by atoms with E-state index in [-0.39, 0.29) is 6.04 Å². The molecule has 1 atom stereocenters. The second-order valence-corrected chi connectivity index (χ2v) is 5.41. The first kappa shape index (κ1) is 15.0. The minimum absolute atomic E-state index is 0.0272. The molecule has 0 aliphatic carbocycles. The Morgan fingerprint density at radius 1 is 1.45 bits per heavy atom. The quantitative estimate of drug-likeness (QED) is 0.879. The van der Waals surface area contributed by atoms with E-state index in [0.717, 1.165) is 34.4 Å². The number of halogens is 1. The molecule has 1 aromatic heterocycles. The highest BCUT2D eigenvalue weighted by Gasteiger charge is 2.20. The first-order chi connectivity index (χ1) is 9.67. The molecule has 1 unspecified atom stereocenters. The zero-order chi connectivity index (χ0) is 14.5. The molecule has 6 heteroatoms. The molecule has 0 bridgehead atoms. The molecule has 108 valence electrons. The van der Waals surface area contributed by atoms with Crippen molar-refractivity contribution in [2.75, 3.05) is 13.7 Å². The molecule has 0 spiro atoms. The molecule has 0 amide bonds. The topological polar surface area (TPSA) is 52.0 Å². The van der Waals surface area contributed by atoms with Gasteiger partial charge in [-0.2, -0.15) is 0 Å². The van der Waals surface area contributed by atoms with Crippen molar-refractivity contribution in [1.29, 1.82) is 0 Å². The number of aryl methyl sites for hydroxylation is 1. The van der Waals surface area contributed by atoms with Gasteiger partial charge in [0.25, 0.3) is 0 Å². The maximum absolute atomic E-state index is 5.33. The van der Waals surface area contributed by atoms with E-state index in [0.29, 0.717) is 0 Å². The monoisotopic (exact) mass is 338 g/mol. The number of aromatic nitrogens is 3. The second-order valence-electron chi connectivity index (χ2n) is 4.56. The van der Waals surface area contributed by atoms with Crippen molar-refractivity contribution in [3.63, 3.8) is 0 Å². The highest BCUT2D eigenvalue weighted by molar-refractivity contribution is 9.10. The van der Waals surface area contributed by atoms with E-state index in [4.69, 9.17) is 4.74 Å². The first-order valence-corrected chi connectivity index (χ1v) is 7.38. The molecule has 0 fully saturated rings. The van der Waals surface area contributed by atoms with Crippen LogP contribution in [-0.4, -0.2) is 28.6 Å². The van der Waals surface area contributed by atoms with Gasteiger partial charge in [-0.15, -0.1) is 5.10 Å². The lowest BCUT2D eigenvalue weighted by atomic mass is 10.0. The molecule has 0 saturated heterocycles. The van der Waals surface area contributed by atoms with Gasteiger partial charge >= 0.3 is 0 Å². The van der Waals surface area contributed by atoms with Crippen LogP contribution in [0.1, 0.15) is 30.6 Å². The lowest BCUT2D eigenvalue weighted by Gasteiger charge is -2.20. The zero-order valence-corrected chi connectivity index (χ0v) is 13.5. The summed E-state index contributed by atoms with van der Waals surface area (Å²) in [5, 5.41) is 11.5. The minimum atomic E-state index is 0.0272. The fourth-order valence-electron chi connectivity index (χ4n) is 2.09. The van der Waals surface area contributed by atoms with Gasteiger partial charge < -0.3 is 10.1 Å². The van der Waals surface area contributed by atoms with E-state index in [1.165, 1.54) is 0 Å². The molecule has 0 radical (unpaired) electrons. The Balaban J connectivity index is 2.43. The Morgan fingerprint density at radius 2 is 2.25 bits per heavy atom. The van der Waals surface area contributed by atoms with E-state index in [9.17, 15) is 0 Å². The van der Waals surface area contributed by atoms with Crippen LogP contribution in [0.25, 0.3) is 0 Å². The lowest BCUT2D eigenvalue weighted by molar-refractivity contribution is 0.413. The van der Waals surface area contributed by atoms with Crippen molar-refractivity contribution in [3.8, 4) is 5.75 Å². The predicted molar refractivity (Wildman–Crippen MR) is 81.8 cm³/mol. The van der Waals surface area contributed by atoms with Crippen LogP contribution in [0.5, 0.6) is 5.75 Å². The zero-order valence-electron chi connectivity index (χ0n) is 11.9. The molecule has 0 aliphatic rings. The average Bonchev–Trinajstić information content (AvgIpc) is 2.87. The molecule has 2 rings (SSSR count). The van der Waals surface area contributed by atoms with Crippen LogP contribution in [-0.2, 0) is 7.05 Å². The maximum atomic E-state index is 5.33. The van der Waals surface area contributed by atoms with Gasteiger partial charge in [0.05, 0.1) is 25.0 Å². The van der Waals surface area contributed by atoms with Crippen molar-refractivity contribution in [2.45, 2.75) is 19.4 Å². The Bertz CT molecular complexity index is 570. The van der Waals surface area contributed by atoms with Crippen LogP contribution in [0, 0.1) is 0 Å². The molecule has 2 aromatic rings. The molecular formula is C14H19BrN4O. The van der Waals surface area contributed by atoms with Gasteiger partial charge in [-0.25, -0.2) is 0 Å². The molecular weight excluding hydrogens is 320 g/mol. The number of benzene rings is 1. The fraction of sp³-hybridized carbons (Fsp3) is 0.429. The van der Waals surface area contributed by atoms with Gasteiger partial charge in [-0.3, -0.25) is 4.68 Å². The molecule has 1 heterocycles. The van der Waals surface area contributed by atoms with Gasteiger partial charge in [0.15, 0.2) is 0 Å². The third-order valence-corrected chi connectivity index (χ3v) is 3.88. The number of hydrogen-bond acceptors (Lipinski definition) is 4. The number of rotatable bonds is 6.